The molecule has 1 aromatic rings. The third-order valence-electron chi connectivity index (χ3n) is 2.57. The number of esters is 1. The Morgan fingerprint density at radius 2 is 2.12 bits per heavy atom. The van der Waals surface area contributed by atoms with Gasteiger partial charge in [0.15, 0.2) is 0 Å². The fourth-order valence-electron chi connectivity index (χ4n) is 1.53. The van der Waals surface area contributed by atoms with E-state index in [9.17, 15) is 4.79 Å². The van der Waals surface area contributed by atoms with Gasteiger partial charge in [0.1, 0.15) is 0 Å². The van der Waals surface area contributed by atoms with Crippen LogP contribution in [-0.4, -0.2) is 12.6 Å². The molecule has 0 atom stereocenters. The highest BCUT2D eigenvalue weighted by atomic mass is 16.5. The number of terminal acetylenes is 1. The lowest BCUT2D eigenvalue weighted by Gasteiger charge is -2.06. The molecular formula is C15H18O2. The molecule has 1 rings (SSSR count). The van der Waals surface area contributed by atoms with Gasteiger partial charge in [0.05, 0.1) is 13.0 Å². The van der Waals surface area contributed by atoms with E-state index < -0.39 is 0 Å². The van der Waals surface area contributed by atoms with Crippen LogP contribution in [0.2, 0.25) is 0 Å². The van der Waals surface area contributed by atoms with Crippen LogP contribution in [0.5, 0.6) is 0 Å². The molecule has 0 aliphatic carbocycles. The Hall–Kier alpha value is -1.75. The van der Waals surface area contributed by atoms with Crippen molar-refractivity contribution in [2.75, 3.05) is 6.61 Å². The molecule has 0 aliphatic heterocycles. The lowest BCUT2D eigenvalue weighted by atomic mass is 10.1. The topological polar surface area (TPSA) is 26.3 Å². The highest BCUT2D eigenvalue weighted by Crippen LogP contribution is 2.08. The van der Waals surface area contributed by atoms with Gasteiger partial charge in [-0.15, -0.1) is 12.3 Å². The van der Waals surface area contributed by atoms with E-state index >= 15 is 0 Å². The van der Waals surface area contributed by atoms with Gasteiger partial charge in [-0.05, 0) is 30.9 Å². The number of hydrogen-bond acceptors (Lipinski definition) is 2. The number of carbonyl (C=O) groups excluding carboxylic acids is 1. The maximum atomic E-state index is 11.5. The summed E-state index contributed by atoms with van der Waals surface area (Å²) in [6.07, 6.45) is 7.97. The third-order valence-corrected chi connectivity index (χ3v) is 2.57. The standard InChI is InChI=1S/C15H18O2/c1-3-4-5-8-11-17-15(16)12-14-10-7-6-9-13(14)2/h1,6-7,9-10H,4-5,8,11-12H2,2H3. The second-order valence-corrected chi connectivity index (χ2v) is 3.98. The molecule has 0 aliphatic rings. The van der Waals surface area contributed by atoms with Crippen molar-refractivity contribution in [2.24, 2.45) is 0 Å². The van der Waals surface area contributed by atoms with Crippen LogP contribution in [0.4, 0.5) is 0 Å². The molecule has 0 fully saturated rings. The SMILES string of the molecule is C#CCCCCOC(=O)Cc1ccccc1C. The Kier molecular flexibility index (Phi) is 5.88. The molecule has 0 radical (unpaired) electrons. The maximum absolute atomic E-state index is 11.5. The van der Waals surface area contributed by atoms with Gasteiger partial charge in [0.2, 0.25) is 0 Å². The van der Waals surface area contributed by atoms with Crippen molar-refractivity contribution in [3.8, 4) is 12.3 Å². The quantitative estimate of drug-likeness (QED) is 0.427. The molecule has 0 N–H and O–H groups in total. The van der Waals surface area contributed by atoms with Crippen LogP contribution in [0.25, 0.3) is 0 Å². The van der Waals surface area contributed by atoms with E-state index in [4.69, 9.17) is 11.2 Å². The molecule has 0 aromatic heterocycles. The average molecular weight is 230 g/mol. The summed E-state index contributed by atoms with van der Waals surface area (Å²) in [6, 6.07) is 7.84. The molecule has 90 valence electrons. The monoisotopic (exact) mass is 230 g/mol. The highest BCUT2D eigenvalue weighted by molar-refractivity contribution is 5.73. The zero-order valence-corrected chi connectivity index (χ0v) is 10.2. The van der Waals surface area contributed by atoms with Crippen LogP contribution in [-0.2, 0) is 16.0 Å². The Balaban J connectivity index is 2.26. The Morgan fingerprint density at radius 3 is 2.82 bits per heavy atom. The van der Waals surface area contributed by atoms with Crippen LogP contribution in [0.1, 0.15) is 30.4 Å². The highest BCUT2D eigenvalue weighted by Gasteiger charge is 2.06. The molecule has 0 heterocycles. The van der Waals surface area contributed by atoms with E-state index in [1.165, 1.54) is 0 Å². The summed E-state index contributed by atoms with van der Waals surface area (Å²) in [5.41, 5.74) is 2.15. The summed E-state index contributed by atoms with van der Waals surface area (Å²) in [7, 11) is 0. The normalized spacial score (nSPS) is 9.65. The van der Waals surface area contributed by atoms with Gasteiger partial charge < -0.3 is 4.74 Å². The van der Waals surface area contributed by atoms with Crippen molar-refractivity contribution in [1.82, 2.24) is 0 Å². The van der Waals surface area contributed by atoms with Crippen LogP contribution >= 0.6 is 0 Å². The summed E-state index contributed by atoms with van der Waals surface area (Å²) >= 11 is 0. The summed E-state index contributed by atoms with van der Waals surface area (Å²) < 4.78 is 5.14. The molecule has 17 heavy (non-hydrogen) atoms. The molecule has 1 aromatic carbocycles. The van der Waals surface area contributed by atoms with Crippen molar-refractivity contribution in [2.45, 2.75) is 32.6 Å². The summed E-state index contributed by atoms with van der Waals surface area (Å²) in [6.45, 7) is 2.46. The molecule has 0 unspecified atom stereocenters. The van der Waals surface area contributed by atoms with Gasteiger partial charge >= 0.3 is 5.97 Å². The second-order valence-electron chi connectivity index (χ2n) is 3.98. The minimum absolute atomic E-state index is 0.167. The van der Waals surface area contributed by atoms with Crippen LogP contribution in [0.15, 0.2) is 24.3 Å². The van der Waals surface area contributed by atoms with Gasteiger partial charge in [-0.25, -0.2) is 0 Å². The van der Waals surface area contributed by atoms with Crippen molar-refractivity contribution < 1.29 is 9.53 Å². The number of aryl methyl sites for hydroxylation is 1. The first-order chi connectivity index (χ1) is 8.24. The zero-order chi connectivity index (χ0) is 12.5. The average Bonchev–Trinajstić information content (AvgIpc) is 2.32. The minimum Gasteiger partial charge on any atom is -0.465 e. The van der Waals surface area contributed by atoms with E-state index in [1.807, 2.05) is 31.2 Å². The molecular weight excluding hydrogens is 212 g/mol. The van der Waals surface area contributed by atoms with Gasteiger partial charge in [0, 0.05) is 6.42 Å². The summed E-state index contributed by atoms with van der Waals surface area (Å²) in [5.74, 6) is 2.40. The van der Waals surface area contributed by atoms with Crippen molar-refractivity contribution >= 4 is 5.97 Å². The fraction of sp³-hybridized carbons (Fsp3) is 0.400. The van der Waals surface area contributed by atoms with Crippen LogP contribution in [0.3, 0.4) is 0 Å². The van der Waals surface area contributed by atoms with Crippen LogP contribution < -0.4 is 0 Å². The summed E-state index contributed by atoms with van der Waals surface area (Å²) in [4.78, 5) is 11.5. The molecule has 0 amide bonds. The lowest BCUT2D eigenvalue weighted by Crippen LogP contribution is -2.09. The maximum Gasteiger partial charge on any atom is 0.310 e. The smallest absolute Gasteiger partial charge is 0.310 e. The van der Waals surface area contributed by atoms with E-state index in [-0.39, 0.29) is 5.97 Å². The first kappa shape index (κ1) is 13.3. The number of hydrogen-bond donors (Lipinski definition) is 0. The largest absolute Gasteiger partial charge is 0.465 e. The number of unbranched alkanes of at least 4 members (excludes halogenated alkanes) is 2. The second kappa shape index (κ2) is 7.51. The van der Waals surface area contributed by atoms with E-state index in [2.05, 4.69) is 5.92 Å². The van der Waals surface area contributed by atoms with Crippen molar-refractivity contribution in [3.63, 3.8) is 0 Å². The van der Waals surface area contributed by atoms with E-state index in [1.54, 1.807) is 0 Å². The molecule has 0 saturated heterocycles. The van der Waals surface area contributed by atoms with Gasteiger partial charge in [-0.1, -0.05) is 24.3 Å². The van der Waals surface area contributed by atoms with Crippen molar-refractivity contribution in [1.29, 1.82) is 0 Å². The fourth-order valence-corrected chi connectivity index (χ4v) is 1.53. The number of rotatable bonds is 6. The number of carbonyl (C=O) groups is 1. The predicted molar refractivity (Wildman–Crippen MR) is 68.5 cm³/mol. The van der Waals surface area contributed by atoms with E-state index in [0.29, 0.717) is 13.0 Å². The lowest BCUT2D eigenvalue weighted by molar-refractivity contribution is -0.142. The Bertz CT molecular complexity index is 402. The Morgan fingerprint density at radius 1 is 1.35 bits per heavy atom. The van der Waals surface area contributed by atoms with Gasteiger partial charge in [0.25, 0.3) is 0 Å². The molecule has 0 bridgehead atoms. The van der Waals surface area contributed by atoms with Gasteiger partial charge in [-0.3, -0.25) is 4.79 Å². The third kappa shape index (κ3) is 5.21. The predicted octanol–water partition coefficient (Wildman–Crippen LogP) is 2.88. The zero-order valence-electron chi connectivity index (χ0n) is 10.2. The molecule has 0 spiro atoms. The first-order valence-electron chi connectivity index (χ1n) is 5.87. The molecule has 2 heteroatoms. The van der Waals surface area contributed by atoms with Gasteiger partial charge in [-0.2, -0.15) is 0 Å². The van der Waals surface area contributed by atoms with E-state index in [0.717, 1.165) is 30.4 Å². The number of benzene rings is 1. The Labute approximate surface area is 103 Å². The van der Waals surface area contributed by atoms with Crippen LogP contribution in [0, 0.1) is 19.3 Å². The molecule has 2 nitrogen and oxygen atoms in total. The molecule has 0 saturated carbocycles. The minimum atomic E-state index is -0.167. The first-order valence-corrected chi connectivity index (χ1v) is 5.87. The summed E-state index contributed by atoms with van der Waals surface area (Å²) in [5, 5.41) is 0. The number of ether oxygens (including phenoxy) is 1. The van der Waals surface area contributed by atoms with Crippen molar-refractivity contribution in [3.05, 3.63) is 35.4 Å².